The molecule has 1 aromatic heterocycles. The molecule has 2 aromatic rings. The summed E-state index contributed by atoms with van der Waals surface area (Å²) in [5.74, 6) is -1.04. The number of aromatic amines is 1. The summed E-state index contributed by atoms with van der Waals surface area (Å²) in [4.78, 5) is 28.3. The van der Waals surface area contributed by atoms with E-state index in [4.69, 9.17) is 10.8 Å². The third kappa shape index (κ3) is 2.31. The van der Waals surface area contributed by atoms with Gasteiger partial charge in [-0.25, -0.2) is 9.78 Å². The van der Waals surface area contributed by atoms with E-state index in [0.717, 1.165) is 0 Å². The number of hydrogen-bond acceptors (Lipinski definition) is 4. The van der Waals surface area contributed by atoms with Crippen molar-refractivity contribution in [1.29, 1.82) is 0 Å². The topological polar surface area (TPSA) is 109 Å². The van der Waals surface area contributed by atoms with Crippen LogP contribution in [0.5, 0.6) is 0 Å². The molecule has 0 aliphatic carbocycles. The molecule has 0 radical (unpaired) electrons. The number of aromatic carboxylic acids is 1. The predicted molar refractivity (Wildman–Crippen MR) is 61.7 cm³/mol. The first kappa shape index (κ1) is 10.9. The van der Waals surface area contributed by atoms with Crippen molar-refractivity contribution in [2.45, 2.75) is 0 Å². The fourth-order valence-corrected chi connectivity index (χ4v) is 1.44. The molecule has 6 nitrogen and oxygen atoms in total. The van der Waals surface area contributed by atoms with E-state index < -0.39 is 5.97 Å². The molecule has 1 heterocycles. The van der Waals surface area contributed by atoms with Crippen molar-refractivity contribution in [1.82, 2.24) is 9.97 Å². The number of carboxylic acids is 1. The van der Waals surface area contributed by atoms with Crippen molar-refractivity contribution in [3.05, 3.63) is 46.2 Å². The number of aromatic nitrogens is 2. The monoisotopic (exact) mass is 231 g/mol. The van der Waals surface area contributed by atoms with Crippen LogP contribution in [0.4, 0.5) is 5.95 Å². The van der Waals surface area contributed by atoms with Crippen LogP contribution in [0.3, 0.4) is 0 Å². The van der Waals surface area contributed by atoms with Gasteiger partial charge in [0.15, 0.2) is 0 Å². The zero-order valence-electron chi connectivity index (χ0n) is 8.68. The normalized spacial score (nSPS) is 10.1. The number of benzene rings is 1. The lowest BCUT2D eigenvalue weighted by atomic mass is 10.1. The average molecular weight is 231 g/mol. The summed E-state index contributed by atoms with van der Waals surface area (Å²) in [5, 5.41) is 8.85. The molecule has 2 rings (SSSR count). The van der Waals surface area contributed by atoms with E-state index in [1.165, 1.54) is 18.2 Å². The quantitative estimate of drug-likeness (QED) is 0.705. The Morgan fingerprint density at radius 2 is 2.12 bits per heavy atom. The number of nitrogens with one attached hydrogen (secondary N) is 1. The summed E-state index contributed by atoms with van der Waals surface area (Å²) in [6, 6.07) is 7.40. The average Bonchev–Trinajstić information content (AvgIpc) is 2.28. The van der Waals surface area contributed by atoms with Gasteiger partial charge in [-0.15, -0.1) is 0 Å². The first-order chi connectivity index (χ1) is 8.06. The van der Waals surface area contributed by atoms with Crippen molar-refractivity contribution in [3.63, 3.8) is 0 Å². The second-order valence-corrected chi connectivity index (χ2v) is 3.40. The Morgan fingerprint density at radius 1 is 1.35 bits per heavy atom. The number of hydrogen-bond donors (Lipinski definition) is 3. The first-order valence-electron chi connectivity index (χ1n) is 4.77. The SMILES string of the molecule is Nc1nc(-c2cccc(C(=O)O)c2)cc(=O)[nH]1. The van der Waals surface area contributed by atoms with E-state index >= 15 is 0 Å². The summed E-state index contributed by atoms with van der Waals surface area (Å²) >= 11 is 0. The number of rotatable bonds is 2. The number of nitrogens with two attached hydrogens (primary N) is 1. The van der Waals surface area contributed by atoms with Gasteiger partial charge in [0.05, 0.1) is 11.3 Å². The largest absolute Gasteiger partial charge is 0.478 e. The number of nitrogen functional groups attached to an aromatic ring is 1. The van der Waals surface area contributed by atoms with Crippen LogP contribution in [0, 0.1) is 0 Å². The molecule has 0 fully saturated rings. The van der Waals surface area contributed by atoms with Gasteiger partial charge < -0.3 is 10.8 Å². The number of H-pyrrole nitrogens is 1. The summed E-state index contributed by atoms with van der Waals surface area (Å²) in [7, 11) is 0. The molecule has 86 valence electrons. The highest BCUT2D eigenvalue weighted by molar-refractivity contribution is 5.89. The lowest BCUT2D eigenvalue weighted by molar-refractivity contribution is 0.0697. The van der Waals surface area contributed by atoms with Gasteiger partial charge in [-0.05, 0) is 12.1 Å². The van der Waals surface area contributed by atoms with E-state index in [-0.39, 0.29) is 17.1 Å². The summed E-state index contributed by atoms with van der Waals surface area (Å²) < 4.78 is 0. The van der Waals surface area contributed by atoms with E-state index in [9.17, 15) is 9.59 Å². The van der Waals surface area contributed by atoms with E-state index in [1.807, 2.05) is 0 Å². The number of nitrogens with zero attached hydrogens (tertiary/aromatic N) is 1. The zero-order valence-corrected chi connectivity index (χ0v) is 8.68. The summed E-state index contributed by atoms with van der Waals surface area (Å²) in [6.07, 6.45) is 0. The molecule has 0 unspecified atom stereocenters. The maximum Gasteiger partial charge on any atom is 0.335 e. The van der Waals surface area contributed by atoms with E-state index in [0.29, 0.717) is 11.3 Å². The molecular formula is C11H9N3O3. The van der Waals surface area contributed by atoms with Crippen molar-refractivity contribution in [2.75, 3.05) is 5.73 Å². The highest BCUT2D eigenvalue weighted by Gasteiger charge is 2.06. The van der Waals surface area contributed by atoms with Crippen molar-refractivity contribution in [3.8, 4) is 11.3 Å². The van der Waals surface area contributed by atoms with Crippen LogP contribution in [0.1, 0.15) is 10.4 Å². The number of anilines is 1. The smallest absolute Gasteiger partial charge is 0.335 e. The Kier molecular flexibility index (Phi) is 2.61. The minimum absolute atomic E-state index is 0.00627. The van der Waals surface area contributed by atoms with Crippen LogP contribution in [-0.2, 0) is 0 Å². The van der Waals surface area contributed by atoms with Crippen LogP contribution in [0.2, 0.25) is 0 Å². The summed E-state index contributed by atoms with van der Waals surface area (Å²) in [6.45, 7) is 0. The Balaban J connectivity index is 2.56. The Bertz CT molecular complexity index is 634. The second-order valence-electron chi connectivity index (χ2n) is 3.40. The van der Waals surface area contributed by atoms with Crippen molar-refractivity contribution in [2.24, 2.45) is 0 Å². The van der Waals surface area contributed by atoms with Crippen LogP contribution in [0.15, 0.2) is 35.1 Å². The van der Waals surface area contributed by atoms with Gasteiger partial charge in [0.25, 0.3) is 5.56 Å². The highest BCUT2D eigenvalue weighted by Crippen LogP contribution is 2.17. The molecule has 0 saturated heterocycles. The second kappa shape index (κ2) is 4.09. The fourth-order valence-electron chi connectivity index (χ4n) is 1.44. The molecule has 0 saturated carbocycles. The lowest BCUT2D eigenvalue weighted by Crippen LogP contribution is -2.10. The maximum absolute atomic E-state index is 11.2. The van der Waals surface area contributed by atoms with Crippen LogP contribution in [0.25, 0.3) is 11.3 Å². The third-order valence-electron chi connectivity index (χ3n) is 2.17. The standard InChI is InChI=1S/C11H9N3O3/c12-11-13-8(5-9(15)14-11)6-2-1-3-7(4-6)10(16)17/h1-5H,(H,16,17)(H3,12,13,14,15). The molecule has 0 bridgehead atoms. The summed E-state index contributed by atoms with van der Waals surface area (Å²) in [5.41, 5.74) is 6.03. The lowest BCUT2D eigenvalue weighted by Gasteiger charge is -2.02. The van der Waals surface area contributed by atoms with Gasteiger partial charge in [-0.3, -0.25) is 9.78 Å². The molecule has 0 aliphatic rings. The zero-order chi connectivity index (χ0) is 12.4. The molecule has 0 atom stereocenters. The molecule has 1 aromatic carbocycles. The van der Waals surface area contributed by atoms with E-state index in [2.05, 4.69) is 9.97 Å². The number of carboxylic acid groups (broad SMARTS) is 1. The fraction of sp³-hybridized carbons (Fsp3) is 0. The van der Waals surface area contributed by atoms with Crippen molar-refractivity contribution >= 4 is 11.9 Å². The Morgan fingerprint density at radius 3 is 2.76 bits per heavy atom. The van der Waals surface area contributed by atoms with Gasteiger partial charge in [0, 0.05) is 11.6 Å². The van der Waals surface area contributed by atoms with Gasteiger partial charge in [0.1, 0.15) is 0 Å². The Labute approximate surface area is 95.7 Å². The molecule has 17 heavy (non-hydrogen) atoms. The van der Waals surface area contributed by atoms with E-state index in [1.54, 1.807) is 12.1 Å². The molecule has 0 aliphatic heterocycles. The predicted octanol–water partition coefficient (Wildman–Crippen LogP) is 0.717. The van der Waals surface area contributed by atoms with Gasteiger partial charge in [-0.1, -0.05) is 12.1 Å². The van der Waals surface area contributed by atoms with Crippen LogP contribution in [-0.4, -0.2) is 21.0 Å². The molecule has 0 amide bonds. The van der Waals surface area contributed by atoms with Gasteiger partial charge in [0.2, 0.25) is 5.95 Å². The first-order valence-corrected chi connectivity index (χ1v) is 4.77. The molecule has 0 spiro atoms. The van der Waals surface area contributed by atoms with Crippen molar-refractivity contribution < 1.29 is 9.90 Å². The third-order valence-corrected chi connectivity index (χ3v) is 2.17. The van der Waals surface area contributed by atoms with Crippen LogP contribution >= 0.6 is 0 Å². The minimum atomic E-state index is -1.04. The number of carbonyl (C=O) groups is 1. The van der Waals surface area contributed by atoms with Crippen LogP contribution < -0.4 is 11.3 Å². The minimum Gasteiger partial charge on any atom is -0.478 e. The molecule has 4 N–H and O–H groups in total. The Hall–Kier alpha value is -2.63. The maximum atomic E-state index is 11.2. The van der Waals surface area contributed by atoms with Gasteiger partial charge >= 0.3 is 5.97 Å². The van der Waals surface area contributed by atoms with Gasteiger partial charge in [-0.2, -0.15) is 0 Å². The molecule has 6 heteroatoms. The highest BCUT2D eigenvalue weighted by atomic mass is 16.4. The molecular weight excluding hydrogens is 222 g/mol.